The third kappa shape index (κ3) is 2.50. The highest BCUT2D eigenvalue weighted by atomic mass is 15.0. The molecule has 0 saturated carbocycles. The van der Waals surface area contributed by atoms with Crippen LogP contribution >= 0.6 is 0 Å². The Kier molecular flexibility index (Phi) is 3.72. The minimum Gasteiger partial charge on any atom is -0.383 e. The maximum atomic E-state index is 5.98. The average Bonchev–Trinajstić information content (AvgIpc) is 2.30. The highest BCUT2D eigenvalue weighted by molar-refractivity contribution is 5.43. The van der Waals surface area contributed by atoms with Gasteiger partial charge in [0.25, 0.3) is 0 Å². The Labute approximate surface area is 96.7 Å². The van der Waals surface area contributed by atoms with Crippen molar-refractivity contribution in [1.29, 1.82) is 0 Å². The van der Waals surface area contributed by atoms with Crippen LogP contribution < -0.4 is 11.1 Å². The molecule has 0 fully saturated rings. The van der Waals surface area contributed by atoms with E-state index in [0.717, 1.165) is 38.1 Å². The largest absolute Gasteiger partial charge is 0.383 e. The second kappa shape index (κ2) is 5.25. The van der Waals surface area contributed by atoms with Crippen LogP contribution in [-0.2, 0) is 19.3 Å². The Morgan fingerprint density at radius 1 is 1.25 bits per heavy atom. The van der Waals surface area contributed by atoms with Gasteiger partial charge in [0.1, 0.15) is 11.6 Å². The third-order valence-corrected chi connectivity index (χ3v) is 3.09. The second-order valence-electron chi connectivity index (χ2n) is 4.36. The zero-order valence-electron chi connectivity index (χ0n) is 9.92. The lowest BCUT2D eigenvalue weighted by Crippen LogP contribution is -2.14. The first-order chi connectivity index (χ1) is 7.81. The first-order valence-electron chi connectivity index (χ1n) is 6.10. The topological polar surface area (TPSA) is 63.8 Å². The third-order valence-electron chi connectivity index (χ3n) is 3.09. The molecular formula is C12H20N4. The molecule has 0 amide bonds. The van der Waals surface area contributed by atoms with Crippen molar-refractivity contribution in [2.45, 2.75) is 38.5 Å². The highest BCUT2D eigenvalue weighted by Gasteiger charge is 2.15. The van der Waals surface area contributed by atoms with Gasteiger partial charge in [0.2, 0.25) is 0 Å². The predicted molar refractivity (Wildman–Crippen MR) is 65.3 cm³/mol. The molecular weight excluding hydrogens is 200 g/mol. The summed E-state index contributed by atoms with van der Waals surface area (Å²) < 4.78 is 0. The number of anilines is 1. The van der Waals surface area contributed by atoms with Crippen LogP contribution in [0, 0.1) is 0 Å². The summed E-state index contributed by atoms with van der Waals surface area (Å²) >= 11 is 0. The lowest BCUT2D eigenvalue weighted by molar-refractivity contribution is 0.646. The van der Waals surface area contributed by atoms with Gasteiger partial charge in [-0.1, -0.05) is 0 Å². The van der Waals surface area contributed by atoms with E-state index in [1.165, 1.54) is 24.1 Å². The van der Waals surface area contributed by atoms with Crippen molar-refractivity contribution >= 4 is 5.82 Å². The summed E-state index contributed by atoms with van der Waals surface area (Å²) in [4.78, 5) is 9.02. The Morgan fingerprint density at radius 2 is 2.06 bits per heavy atom. The summed E-state index contributed by atoms with van der Waals surface area (Å²) in [7, 11) is 1.96. The molecule has 0 aromatic carbocycles. The number of nitrogens with zero attached hydrogens (tertiary/aromatic N) is 2. The fraction of sp³-hybridized carbons (Fsp3) is 0.667. The van der Waals surface area contributed by atoms with Gasteiger partial charge in [-0.3, -0.25) is 0 Å². The number of nitrogens with one attached hydrogen (secondary N) is 1. The van der Waals surface area contributed by atoms with Gasteiger partial charge in [-0.25, -0.2) is 9.97 Å². The van der Waals surface area contributed by atoms with Crippen LogP contribution in [-0.4, -0.2) is 23.6 Å². The summed E-state index contributed by atoms with van der Waals surface area (Å²) in [6, 6.07) is 0. The van der Waals surface area contributed by atoms with Crippen LogP contribution in [0.2, 0.25) is 0 Å². The lowest BCUT2D eigenvalue weighted by atomic mass is 9.96. The predicted octanol–water partition coefficient (Wildman–Crippen LogP) is 1.09. The number of hydrogen-bond donors (Lipinski definition) is 2. The van der Waals surface area contributed by atoms with E-state index in [2.05, 4.69) is 15.3 Å². The molecule has 4 nitrogen and oxygen atoms in total. The lowest BCUT2D eigenvalue weighted by Gasteiger charge is -2.17. The minimum atomic E-state index is 0.712. The van der Waals surface area contributed by atoms with Gasteiger partial charge in [-0.05, 0) is 45.7 Å². The fourth-order valence-corrected chi connectivity index (χ4v) is 2.21. The van der Waals surface area contributed by atoms with Crippen LogP contribution in [0.15, 0.2) is 0 Å². The van der Waals surface area contributed by atoms with E-state index in [1.807, 2.05) is 7.05 Å². The Balaban J connectivity index is 2.12. The molecule has 16 heavy (non-hydrogen) atoms. The van der Waals surface area contributed by atoms with E-state index < -0.39 is 0 Å². The van der Waals surface area contributed by atoms with Crippen molar-refractivity contribution in [3.8, 4) is 0 Å². The summed E-state index contributed by atoms with van der Waals surface area (Å²) in [6.45, 7) is 1.00. The Morgan fingerprint density at radius 3 is 2.88 bits per heavy atom. The van der Waals surface area contributed by atoms with Crippen LogP contribution in [0.5, 0.6) is 0 Å². The van der Waals surface area contributed by atoms with Crippen molar-refractivity contribution in [3.63, 3.8) is 0 Å². The van der Waals surface area contributed by atoms with Gasteiger partial charge < -0.3 is 11.1 Å². The van der Waals surface area contributed by atoms with E-state index in [4.69, 9.17) is 5.73 Å². The molecule has 3 N–H and O–H groups in total. The highest BCUT2D eigenvalue weighted by Crippen LogP contribution is 2.23. The molecule has 1 heterocycles. The molecule has 0 unspecified atom stereocenters. The first kappa shape index (κ1) is 11.3. The van der Waals surface area contributed by atoms with Crippen molar-refractivity contribution in [2.75, 3.05) is 19.3 Å². The Hall–Kier alpha value is -1.16. The maximum Gasteiger partial charge on any atom is 0.131 e. The molecule has 1 aromatic rings. The van der Waals surface area contributed by atoms with Crippen molar-refractivity contribution in [3.05, 3.63) is 17.1 Å². The van der Waals surface area contributed by atoms with Crippen LogP contribution in [0.1, 0.15) is 36.3 Å². The van der Waals surface area contributed by atoms with Crippen molar-refractivity contribution < 1.29 is 0 Å². The SMILES string of the molecule is CNCCCc1nc(N)c2c(n1)CCCC2. The molecule has 0 saturated heterocycles. The second-order valence-corrected chi connectivity index (χ2v) is 4.36. The molecule has 1 aliphatic carbocycles. The fourth-order valence-electron chi connectivity index (χ4n) is 2.21. The molecule has 0 spiro atoms. The normalized spacial score (nSPS) is 14.8. The number of hydrogen-bond acceptors (Lipinski definition) is 4. The van der Waals surface area contributed by atoms with Gasteiger partial charge in [-0.2, -0.15) is 0 Å². The smallest absolute Gasteiger partial charge is 0.131 e. The van der Waals surface area contributed by atoms with Crippen molar-refractivity contribution in [2.24, 2.45) is 0 Å². The van der Waals surface area contributed by atoms with Gasteiger partial charge in [0.15, 0.2) is 0 Å². The van der Waals surface area contributed by atoms with Crippen LogP contribution in [0.4, 0.5) is 5.82 Å². The number of aromatic nitrogens is 2. The zero-order chi connectivity index (χ0) is 11.4. The minimum absolute atomic E-state index is 0.712. The van der Waals surface area contributed by atoms with Gasteiger partial charge >= 0.3 is 0 Å². The zero-order valence-corrected chi connectivity index (χ0v) is 9.92. The summed E-state index contributed by atoms with van der Waals surface area (Å²) in [5.41, 5.74) is 8.37. The van der Waals surface area contributed by atoms with E-state index >= 15 is 0 Å². The molecule has 1 aromatic heterocycles. The van der Waals surface area contributed by atoms with E-state index in [9.17, 15) is 0 Å². The van der Waals surface area contributed by atoms with E-state index in [-0.39, 0.29) is 0 Å². The van der Waals surface area contributed by atoms with E-state index in [0.29, 0.717) is 5.82 Å². The molecule has 1 aliphatic rings. The standard InChI is InChI=1S/C12H20N4/c1-14-8-4-7-11-15-10-6-3-2-5-9(10)12(13)16-11/h14H,2-8H2,1H3,(H2,13,15,16). The molecule has 4 heteroatoms. The molecule has 88 valence electrons. The average molecular weight is 220 g/mol. The molecule has 0 aliphatic heterocycles. The number of fused-ring (bicyclic) bond motifs is 1. The van der Waals surface area contributed by atoms with Crippen LogP contribution in [0.25, 0.3) is 0 Å². The molecule has 0 bridgehead atoms. The number of nitrogens with two attached hydrogens (primary N) is 1. The summed E-state index contributed by atoms with van der Waals surface area (Å²) in [6.07, 6.45) is 6.56. The first-order valence-corrected chi connectivity index (χ1v) is 6.10. The number of nitrogen functional groups attached to an aromatic ring is 1. The Bertz CT molecular complexity index is 362. The molecule has 0 atom stereocenters. The van der Waals surface area contributed by atoms with Crippen LogP contribution in [0.3, 0.4) is 0 Å². The van der Waals surface area contributed by atoms with Gasteiger partial charge in [-0.15, -0.1) is 0 Å². The number of aryl methyl sites for hydroxylation is 2. The number of rotatable bonds is 4. The quantitative estimate of drug-likeness (QED) is 0.746. The summed E-state index contributed by atoms with van der Waals surface area (Å²) in [5, 5.41) is 3.13. The van der Waals surface area contributed by atoms with Crippen molar-refractivity contribution in [1.82, 2.24) is 15.3 Å². The monoisotopic (exact) mass is 220 g/mol. The molecule has 2 rings (SSSR count). The van der Waals surface area contributed by atoms with E-state index in [1.54, 1.807) is 0 Å². The van der Waals surface area contributed by atoms with Gasteiger partial charge in [0.05, 0.1) is 0 Å². The summed E-state index contributed by atoms with van der Waals surface area (Å²) in [5.74, 6) is 1.62. The van der Waals surface area contributed by atoms with Gasteiger partial charge in [0, 0.05) is 17.7 Å². The maximum absolute atomic E-state index is 5.98. The molecule has 0 radical (unpaired) electrons.